The van der Waals surface area contributed by atoms with Crippen molar-refractivity contribution in [3.63, 3.8) is 0 Å². The van der Waals surface area contributed by atoms with Gasteiger partial charge in [0.05, 0.1) is 28.9 Å². The van der Waals surface area contributed by atoms with E-state index in [9.17, 15) is 4.79 Å². The summed E-state index contributed by atoms with van der Waals surface area (Å²) in [4.78, 5) is 26.0. The van der Waals surface area contributed by atoms with Crippen LogP contribution in [0.1, 0.15) is 23.0 Å². The van der Waals surface area contributed by atoms with Gasteiger partial charge in [-0.3, -0.25) is 9.69 Å². The van der Waals surface area contributed by atoms with Crippen LogP contribution in [0.2, 0.25) is 0 Å². The largest absolute Gasteiger partial charge is 0.383 e. The molecule has 0 aliphatic carbocycles. The third kappa shape index (κ3) is 4.50. The molecule has 4 heterocycles. The van der Waals surface area contributed by atoms with E-state index >= 15 is 0 Å². The lowest BCUT2D eigenvalue weighted by atomic mass is 10.0. The molecule has 0 amide bonds. The van der Waals surface area contributed by atoms with Gasteiger partial charge < -0.3 is 14.6 Å². The molecular formula is C26H28N8O2S. The number of benzene rings is 2. The maximum Gasteiger partial charge on any atom is 0.253 e. The second-order valence-corrected chi connectivity index (χ2v) is 10.2. The highest BCUT2D eigenvalue weighted by atomic mass is 32.1. The predicted molar refractivity (Wildman–Crippen MR) is 144 cm³/mol. The van der Waals surface area contributed by atoms with Crippen LogP contribution in [-0.2, 0) is 11.3 Å². The van der Waals surface area contributed by atoms with Crippen LogP contribution >= 0.6 is 11.3 Å². The number of piperazine rings is 1. The molecule has 0 spiro atoms. The van der Waals surface area contributed by atoms with Gasteiger partial charge in [0.2, 0.25) is 0 Å². The Hall–Kier alpha value is -3.67. The first-order chi connectivity index (χ1) is 18.1. The molecule has 0 bridgehead atoms. The van der Waals surface area contributed by atoms with E-state index in [1.54, 1.807) is 23.1 Å². The lowest BCUT2D eigenvalue weighted by molar-refractivity contribution is 0.171. The fourth-order valence-corrected chi connectivity index (χ4v) is 6.03. The van der Waals surface area contributed by atoms with E-state index in [0.717, 1.165) is 53.3 Å². The van der Waals surface area contributed by atoms with E-state index in [-0.39, 0.29) is 5.56 Å². The van der Waals surface area contributed by atoms with Crippen LogP contribution in [0, 0.1) is 6.92 Å². The number of fused-ring (bicyclic) bond motifs is 2. The van der Waals surface area contributed by atoms with Gasteiger partial charge in [-0.05, 0) is 46.5 Å². The van der Waals surface area contributed by atoms with Crippen molar-refractivity contribution in [2.45, 2.75) is 19.5 Å². The second kappa shape index (κ2) is 10.0. The van der Waals surface area contributed by atoms with Crippen molar-refractivity contribution in [3.05, 3.63) is 75.8 Å². The standard InChI is InChI=1S/C26H28N8O2S/c1-17-6-5-7-18-16-19(25(35)28-22(17)18)23(24-29-30-31-34(24)14-15-36-2)32-10-12-33(13-11-32)26-27-20-8-3-4-9-21(20)37-26/h3-9,16,23H,10-15H2,1-2H3,(H,28,35). The first-order valence-corrected chi connectivity index (χ1v) is 13.2. The molecule has 1 aliphatic rings. The summed E-state index contributed by atoms with van der Waals surface area (Å²) in [6.45, 7) is 6.05. The second-order valence-electron chi connectivity index (χ2n) is 9.24. The quantitative estimate of drug-likeness (QED) is 0.352. The Labute approximate surface area is 217 Å². The lowest BCUT2D eigenvalue weighted by Gasteiger charge is -2.38. The van der Waals surface area contributed by atoms with Crippen LogP contribution < -0.4 is 10.5 Å². The summed E-state index contributed by atoms with van der Waals surface area (Å²) in [5.74, 6) is 0.642. The Kier molecular flexibility index (Phi) is 6.41. The number of anilines is 1. The number of rotatable bonds is 7. The van der Waals surface area contributed by atoms with Crippen molar-refractivity contribution in [2.24, 2.45) is 0 Å². The number of nitrogens with zero attached hydrogens (tertiary/aromatic N) is 7. The Morgan fingerprint density at radius 3 is 2.76 bits per heavy atom. The van der Waals surface area contributed by atoms with Crippen molar-refractivity contribution in [2.75, 3.05) is 44.8 Å². The molecule has 6 rings (SSSR count). The number of ether oxygens (including phenoxy) is 1. The van der Waals surface area contributed by atoms with E-state index in [2.05, 4.69) is 42.4 Å². The Balaban J connectivity index is 1.35. The summed E-state index contributed by atoms with van der Waals surface area (Å²) >= 11 is 1.72. The smallest absolute Gasteiger partial charge is 0.253 e. The molecule has 1 fully saturated rings. The fourth-order valence-electron chi connectivity index (χ4n) is 5.01. The molecule has 3 aromatic heterocycles. The zero-order valence-corrected chi connectivity index (χ0v) is 21.6. The van der Waals surface area contributed by atoms with Gasteiger partial charge in [0.1, 0.15) is 6.04 Å². The predicted octanol–water partition coefficient (Wildman–Crippen LogP) is 2.99. The number of tetrazole rings is 1. The number of nitrogens with one attached hydrogen (secondary N) is 1. The SMILES string of the molecule is COCCn1nnnc1C(c1cc2cccc(C)c2[nH]c1=O)N1CCN(c2nc3ccccc3s2)CC1. The number of aromatic nitrogens is 6. The van der Waals surface area contributed by atoms with Gasteiger partial charge in [-0.25, -0.2) is 9.67 Å². The molecule has 1 atom stereocenters. The van der Waals surface area contributed by atoms with Gasteiger partial charge in [0.25, 0.3) is 5.56 Å². The third-order valence-corrected chi connectivity index (χ3v) is 8.05. The minimum absolute atomic E-state index is 0.123. The zero-order valence-electron chi connectivity index (χ0n) is 20.8. The molecule has 0 saturated carbocycles. The molecule has 0 radical (unpaired) electrons. The molecule has 37 heavy (non-hydrogen) atoms. The number of para-hydroxylation sites is 2. The Bertz CT molecular complexity index is 1570. The summed E-state index contributed by atoms with van der Waals surface area (Å²) in [5, 5.41) is 14.6. The monoisotopic (exact) mass is 516 g/mol. The molecule has 1 aliphatic heterocycles. The zero-order chi connectivity index (χ0) is 25.4. The third-order valence-electron chi connectivity index (χ3n) is 6.96. The van der Waals surface area contributed by atoms with E-state index in [0.29, 0.717) is 24.5 Å². The van der Waals surface area contributed by atoms with Gasteiger partial charge in [0, 0.05) is 38.9 Å². The number of methoxy groups -OCH3 is 1. The summed E-state index contributed by atoms with van der Waals surface area (Å²) in [7, 11) is 1.65. The molecule has 1 unspecified atom stereocenters. The number of hydrogen-bond acceptors (Lipinski definition) is 9. The molecule has 1 N–H and O–H groups in total. The maximum absolute atomic E-state index is 13.5. The average molecular weight is 517 g/mol. The molecule has 11 heteroatoms. The molecule has 10 nitrogen and oxygen atoms in total. The van der Waals surface area contributed by atoms with Gasteiger partial charge in [-0.1, -0.05) is 41.7 Å². The van der Waals surface area contributed by atoms with Gasteiger partial charge in [-0.2, -0.15) is 0 Å². The van der Waals surface area contributed by atoms with Crippen LogP contribution in [0.5, 0.6) is 0 Å². The van der Waals surface area contributed by atoms with Gasteiger partial charge >= 0.3 is 0 Å². The number of H-pyrrole nitrogens is 1. The summed E-state index contributed by atoms with van der Waals surface area (Å²) in [5.41, 5.74) is 3.43. The number of pyridine rings is 1. The average Bonchev–Trinajstić information content (AvgIpc) is 3.56. The summed E-state index contributed by atoms with van der Waals surface area (Å²) < 4.78 is 8.21. The van der Waals surface area contributed by atoms with E-state index in [1.807, 2.05) is 43.3 Å². The molecule has 190 valence electrons. The summed E-state index contributed by atoms with van der Waals surface area (Å²) in [6.07, 6.45) is 0. The number of thiazole rings is 1. The van der Waals surface area contributed by atoms with Crippen LogP contribution in [0.15, 0.2) is 53.3 Å². The number of hydrogen-bond donors (Lipinski definition) is 1. The highest BCUT2D eigenvalue weighted by Gasteiger charge is 2.33. The minimum atomic E-state index is -0.391. The van der Waals surface area contributed by atoms with Gasteiger partial charge in [-0.15, -0.1) is 5.10 Å². The van der Waals surface area contributed by atoms with E-state index in [4.69, 9.17) is 9.72 Å². The van der Waals surface area contributed by atoms with Crippen LogP contribution in [0.4, 0.5) is 5.13 Å². The van der Waals surface area contributed by atoms with Crippen LogP contribution in [0.25, 0.3) is 21.1 Å². The van der Waals surface area contributed by atoms with Gasteiger partial charge in [0.15, 0.2) is 11.0 Å². The molecular weight excluding hydrogens is 488 g/mol. The lowest BCUT2D eigenvalue weighted by Crippen LogP contribution is -2.49. The topological polar surface area (TPSA) is 105 Å². The highest BCUT2D eigenvalue weighted by molar-refractivity contribution is 7.22. The van der Waals surface area contributed by atoms with E-state index in [1.165, 1.54) is 4.70 Å². The van der Waals surface area contributed by atoms with Crippen molar-refractivity contribution in [3.8, 4) is 0 Å². The summed E-state index contributed by atoms with van der Waals surface area (Å²) in [6, 6.07) is 15.9. The van der Waals surface area contributed by atoms with Crippen LogP contribution in [0.3, 0.4) is 0 Å². The number of aromatic amines is 1. The van der Waals surface area contributed by atoms with Crippen molar-refractivity contribution >= 4 is 37.6 Å². The maximum atomic E-state index is 13.5. The van der Waals surface area contributed by atoms with Crippen molar-refractivity contribution in [1.29, 1.82) is 0 Å². The first kappa shape index (κ1) is 23.7. The molecule has 1 saturated heterocycles. The normalized spacial score (nSPS) is 15.6. The highest BCUT2D eigenvalue weighted by Crippen LogP contribution is 2.32. The molecule has 2 aromatic carbocycles. The first-order valence-electron chi connectivity index (χ1n) is 12.3. The Morgan fingerprint density at radius 2 is 1.95 bits per heavy atom. The van der Waals surface area contributed by atoms with Crippen LogP contribution in [-0.4, -0.2) is 75.0 Å². The van der Waals surface area contributed by atoms with Crippen molar-refractivity contribution < 1.29 is 4.74 Å². The van der Waals surface area contributed by atoms with E-state index < -0.39 is 6.04 Å². The number of aryl methyl sites for hydroxylation is 1. The van der Waals surface area contributed by atoms with Crippen molar-refractivity contribution in [1.82, 2.24) is 35.1 Å². The Morgan fingerprint density at radius 1 is 1.11 bits per heavy atom. The molecule has 5 aromatic rings. The minimum Gasteiger partial charge on any atom is -0.383 e. The fraction of sp³-hybridized carbons (Fsp3) is 0.346.